The van der Waals surface area contributed by atoms with Gasteiger partial charge in [0.2, 0.25) is 0 Å². The van der Waals surface area contributed by atoms with E-state index >= 15 is 0 Å². The van der Waals surface area contributed by atoms with E-state index in [1.165, 1.54) is 11.6 Å². The third-order valence-corrected chi connectivity index (χ3v) is 7.11. The predicted octanol–water partition coefficient (Wildman–Crippen LogP) is 9.44. The number of aromatic nitrogens is 1. The van der Waals surface area contributed by atoms with Crippen LogP contribution >= 0.6 is 0 Å². The van der Waals surface area contributed by atoms with Crippen molar-refractivity contribution < 1.29 is 35.4 Å². The first kappa shape index (κ1) is 31.5. The molecule has 0 radical (unpaired) electrons. The summed E-state index contributed by atoms with van der Waals surface area (Å²) in [5.74, 6) is 0.970. The van der Waals surface area contributed by atoms with Crippen molar-refractivity contribution in [1.82, 2.24) is 4.98 Å². The molecule has 5 heteroatoms. The Kier molecular flexibility index (Phi) is 12.5. The number of hydrogen-bond donors (Lipinski definition) is 1. The molecule has 0 bridgehead atoms. The van der Waals surface area contributed by atoms with Crippen molar-refractivity contribution in [3.8, 4) is 11.3 Å². The molecule has 0 saturated carbocycles. The molecule has 0 unspecified atom stereocenters. The molecule has 2 aromatic heterocycles. The fourth-order valence-electron chi connectivity index (χ4n) is 4.72. The van der Waals surface area contributed by atoms with Gasteiger partial charge in [-0.05, 0) is 48.9 Å². The first-order chi connectivity index (χ1) is 17.9. The Morgan fingerprint density at radius 2 is 1.58 bits per heavy atom. The molecule has 0 atom stereocenters. The van der Waals surface area contributed by atoms with Crippen LogP contribution in [0.15, 0.2) is 71.0 Å². The van der Waals surface area contributed by atoms with Crippen LogP contribution in [0.3, 0.4) is 0 Å². The van der Waals surface area contributed by atoms with Gasteiger partial charge in [0, 0.05) is 50.6 Å². The summed E-state index contributed by atoms with van der Waals surface area (Å²) in [7, 11) is 0. The van der Waals surface area contributed by atoms with Crippen molar-refractivity contribution in [2.45, 2.75) is 73.1 Å². The molecular weight excluding hydrogens is 653 g/mol. The first-order valence-corrected chi connectivity index (χ1v) is 13.6. The minimum atomic E-state index is 0. The topological polar surface area (TPSA) is 63.3 Å². The van der Waals surface area contributed by atoms with Gasteiger partial charge in [-0.25, -0.2) is 0 Å². The number of aliphatic hydroxyl groups is 1. The van der Waals surface area contributed by atoms with Crippen LogP contribution < -0.4 is 0 Å². The van der Waals surface area contributed by atoms with E-state index in [1.807, 2.05) is 52.0 Å². The molecule has 2 aromatic carbocycles. The van der Waals surface area contributed by atoms with Crippen molar-refractivity contribution in [3.05, 3.63) is 78.2 Å². The largest absolute Gasteiger partial charge is 0.512 e. The summed E-state index contributed by atoms with van der Waals surface area (Å²) in [6, 6.07) is 19.5. The van der Waals surface area contributed by atoms with Crippen LogP contribution in [0.25, 0.3) is 33.2 Å². The van der Waals surface area contributed by atoms with Gasteiger partial charge < -0.3 is 14.5 Å². The van der Waals surface area contributed by atoms with Crippen molar-refractivity contribution in [3.63, 3.8) is 0 Å². The second kappa shape index (κ2) is 15.0. The number of aliphatic hydroxyl groups excluding tert-OH is 1. The van der Waals surface area contributed by atoms with Crippen molar-refractivity contribution in [2.24, 2.45) is 11.8 Å². The van der Waals surface area contributed by atoms with E-state index < -0.39 is 0 Å². The van der Waals surface area contributed by atoms with Crippen LogP contribution in [0.4, 0.5) is 0 Å². The maximum Gasteiger partial charge on any atom is 0.162 e. The number of ketones is 1. The average Bonchev–Trinajstić information content (AvgIpc) is 3.30. The zero-order valence-corrected chi connectivity index (χ0v) is 25.6. The number of carbonyl (C=O) groups excluding carboxylic acids is 1. The minimum absolute atomic E-state index is 0. The number of furan rings is 1. The summed E-state index contributed by atoms with van der Waals surface area (Å²) < 4.78 is 6.26. The third kappa shape index (κ3) is 7.23. The number of pyridine rings is 1. The van der Waals surface area contributed by atoms with Crippen LogP contribution in [0.5, 0.6) is 0 Å². The number of para-hydroxylation sites is 1. The Morgan fingerprint density at radius 3 is 2.16 bits per heavy atom. The molecule has 0 aliphatic heterocycles. The van der Waals surface area contributed by atoms with E-state index in [-0.39, 0.29) is 44.4 Å². The molecule has 4 rings (SSSR count). The van der Waals surface area contributed by atoms with Crippen molar-refractivity contribution >= 4 is 27.7 Å². The number of nitrogens with zero attached hydrogens (tertiary/aromatic N) is 1. The molecule has 2 heterocycles. The number of rotatable bonds is 9. The number of hydrogen-bond acceptors (Lipinski definition) is 4. The minimum Gasteiger partial charge on any atom is -0.512 e. The van der Waals surface area contributed by atoms with E-state index in [9.17, 15) is 9.90 Å². The quantitative estimate of drug-likeness (QED) is 0.108. The molecule has 4 nitrogen and oxygen atoms in total. The Balaban J connectivity index is 0.000000282. The Hall–Kier alpha value is -2.71. The maximum absolute atomic E-state index is 11.7. The van der Waals surface area contributed by atoms with Crippen LogP contribution in [0.1, 0.15) is 78.7 Å². The molecular formula is C33H40NO3Pt-. The predicted molar refractivity (Wildman–Crippen MR) is 154 cm³/mol. The number of carbonyl (C=O) groups is 1. The van der Waals surface area contributed by atoms with E-state index in [0.717, 1.165) is 58.9 Å². The summed E-state index contributed by atoms with van der Waals surface area (Å²) in [5.41, 5.74) is 4.89. The molecule has 0 saturated heterocycles. The molecule has 4 aromatic rings. The van der Waals surface area contributed by atoms with E-state index in [2.05, 4.69) is 49.2 Å². The summed E-state index contributed by atoms with van der Waals surface area (Å²) in [6.45, 7) is 12.4. The van der Waals surface area contributed by atoms with Crippen LogP contribution in [-0.2, 0) is 25.9 Å². The van der Waals surface area contributed by atoms with E-state index in [0.29, 0.717) is 5.92 Å². The van der Waals surface area contributed by atoms with Gasteiger partial charge in [-0.15, -0.1) is 18.2 Å². The zero-order chi connectivity index (χ0) is 26.9. The molecule has 0 aliphatic carbocycles. The van der Waals surface area contributed by atoms with Gasteiger partial charge >= 0.3 is 0 Å². The molecule has 38 heavy (non-hydrogen) atoms. The summed E-state index contributed by atoms with van der Waals surface area (Å²) in [5, 5.41) is 12.0. The second-order valence-electron chi connectivity index (χ2n) is 9.79. The standard InChI is InChI=1S/C20H16NO.C13H24O2.Pt/c1-13(2)14-7-5-8-15-16-9-6-10-17(20(16)22-19(14)15)18-11-3-4-12-21-18;1-5-10(6-2)12(14)9-13(15)11(7-3)8-4;/h3-9,11-13H,1-2H3;9-11,14H,5-8H2,1-4H3;/q-1;;/b;12-9-;. The van der Waals surface area contributed by atoms with Gasteiger partial charge in [0.15, 0.2) is 5.78 Å². The average molecular weight is 694 g/mol. The SMILES string of the molecule is CC(C)c1cccc2c1oc1c(-c3ccccn3)[c-]ccc12.CCC(CC)C(=O)/C=C(\O)C(CC)CC.[Pt]. The zero-order valence-electron chi connectivity index (χ0n) is 23.4. The fraction of sp³-hybridized carbons (Fsp3) is 0.394. The van der Waals surface area contributed by atoms with Crippen LogP contribution in [-0.4, -0.2) is 15.9 Å². The van der Waals surface area contributed by atoms with Crippen molar-refractivity contribution in [1.29, 1.82) is 0 Å². The number of allylic oxidation sites excluding steroid dienone is 2. The molecule has 1 N–H and O–H groups in total. The summed E-state index contributed by atoms with van der Waals surface area (Å²) in [6.07, 6.45) is 6.70. The maximum atomic E-state index is 11.7. The molecule has 206 valence electrons. The van der Waals surface area contributed by atoms with E-state index in [1.54, 1.807) is 6.20 Å². The molecule has 0 amide bonds. The van der Waals surface area contributed by atoms with Gasteiger partial charge in [-0.3, -0.25) is 4.79 Å². The Bertz CT molecular complexity index is 1330. The van der Waals surface area contributed by atoms with Crippen LogP contribution in [0, 0.1) is 17.9 Å². The van der Waals surface area contributed by atoms with Gasteiger partial charge in [-0.1, -0.05) is 82.8 Å². The molecule has 0 fully saturated rings. The van der Waals surface area contributed by atoms with Crippen LogP contribution in [0.2, 0.25) is 0 Å². The number of fused-ring (bicyclic) bond motifs is 3. The van der Waals surface area contributed by atoms with Gasteiger partial charge in [-0.2, -0.15) is 0 Å². The monoisotopic (exact) mass is 693 g/mol. The Morgan fingerprint density at radius 1 is 0.921 bits per heavy atom. The van der Waals surface area contributed by atoms with Crippen molar-refractivity contribution in [2.75, 3.05) is 0 Å². The first-order valence-electron chi connectivity index (χ1n) is 13.6. The Labute approximate surface area is 241 Å². The second-order valence-corrected chi connectivity index (χ2v) is 9.79. The number of benzene rings is 2. The fourth-order valence-corrected chi connectivity index (χ4v) is 4.72. The van der Waals surface area contributed by atoms with E-state index in [4.69, 9.17) is 4.42 Å². The molecule has 0 spiro atoms. The smallest absolute Gasteiger partial charge is 0.162 e. The summed E-state index contributed by atoms with van der Waals surface area (Å²) >= 11 is 0. The summed E-state index contributed by atoms with van der Waals surface area (Å²) in [4.78, 5) is 16.2. The van der Waals surface area contributed by atoms with Gasteiger partial charge in [0.25, 0.3) is 0 Å². The molecule has 0 aliphatic rings. The van der Waals surface area contributed by atoms with Gasteiger partial charge in [0.05, 0.1) is 11.3 Å². The van der Waals surface area contributed by atoms with Gasteiger partial charge in [0.1, 0.15) is 5.58 Å². The normalized spacial score (nSPS) is 11.7. The third-order valence-electron chi connectivity index (χ3n) is 7.11.